The van der Waals surface area contributed by atoms with Crippen molar-refractivity contribution in [3.05, 3.63) is 20.6 Å². The normalized spacial score (nSPS) is 11.7. The molecule has 0 amide bonds. The zero-order valence-electron chi connectivity index (χ0n) is 9.87. The molecule has 0 saturated heterocycles. The van der Waals surface area contributed by atoms with Crippen LogP contribution in [0.2, 0.25) is 0 Å². The molecule has 0 bridgehead atoms. The molecule has 9 nitrogen and oxygen atoms in total. The Hall–Kier alpha value is -0.996. The fourth-order valence-electron chi connectivity index (χ4n) is 1.00. The number of nitrogens with two attached hydrogens (primary N) is 1. The number of nitrogens with one attached hydrogen (secondary N) is 1. The summed E-state index contributed by atoms with van der Waals surface area (Å²) in [6.45, 7) is -0.161. The maximum absolute atomic E-state index is 10.5. The van der Waals surface area contributed by atoms with Crippen molar-refractivity contribution in [1.82, 2.24) is 5.01 Å². The molecule has 0 fully saturated rings. The Balaban J connectivity index is 4.62. The second kappa shape index (κ2) is 7.35. The van der Waals surface area contributed by atoms with Crippen molar-refractivity contribution < 1.29 is 32.7 Å². The van der Waals surface area contributed by atoms with E-state index in [9.17, 15) is 10.1 Å². The van der Waals surface area contributed by atoms with E-state index < -0.39 is 28.7 Å². The molecule has 0 heterocycles. The predicted octanol–water partition coefficient (Wildman–Crippen LogP) is -0.275. The van der Waals surface area contributed by atoms with Crippen LogP contribution in [0.4, 0.5) is 0 Å². The van der Waals surface area contributed by atoms with Gasteiger partial charge in [-0.3, -0.25) is 0 Å². The molecule has 17 heavy (non-hydrogen) atoms. The van der Waals surface area contributed by atoms with Crippen molar-refractivity contribution in [2.45, 2.75) is 0 Å². The quantitative estimate of drug-likeness (QED) is 0.217. The van der Waals surface area contributed by atoms with Crippen LogP contribution < -0.4 is 5.73 Å². The summed E-state index contributed by atoms with van der Waals surface area (Å²) >= 11 is -3.42. The van der Waals surface area contributed by atoms with Gasteiger partial charge in [0, 0.05) is 0 Å². The van der Waals surface area contributed by atoms with Crippen LogP contribution in [-0.2, 0) is 27.7 Å². The van der Waals surface area contributed by atoms with E-state index >= 15 is 0 Å². The Morgan fingerprint density at radius 1 is 1.47 bits per heavy atom. The third-order valence-electron chi connectivity index (χ3n) is 1.93. The van der Waals surface area contributed by atoms with Gasteiger partial charge in [0.25, 0.3) is 0 Å². The second-order valence-corrected chi connectivity index (χ2v) is 7.14. The average Bonchev–Trinajstić information content (AvgIpc) is 2.29. The van der Waals surface area contributed by atoms with Crippen molar-refractivity contribution in [2.75, 3.05) is 27.9 Å². The summed E-state index contributed by atoms with van der Waals surface area (Å²) in [5.74, 6) is -0.648. The summed E-state index contributed by atoms with van der Waals surface area (Å²) in [7, 11) is 4.31. The van der Waals surface area contributed by atoms with Crippen molar-refractivity contribution in [1.29, 1.82) is 5.41 Å². The molecule has 10 heteroatoms. The molecule has 98 valence electrons. The Labute approximate surface area is 104 Å². The number of nitrogens with zero attached hydrogens (tertiary/aromatic N) is 2. The molecular formula is C7H16N4O5Ti. The summed E-state index contributed by atoms with van der Waals surface area (Å²) in [5, 5.41) is 17.2. The summed E-state index contributed by atoms with van der Waals surface area (Å²) < 4.78 is 16.9. The summed E-state index contributed by atoms with van der Waals surface area (Å²) in [4.78, 5) is 10.5. The van der Waals surface area contributed by atoms with Crippen LogP contribution in [0.15, 0.2) is 10.5 Å². The summed E-state index contributed by atoms with van der Waals surface area (Å²) in [6, 6.07) is 0. The van der Waals surface area contributed by atoms with E-state index in [0.29, 0.717) is 5.01 Å². The molecule has 0 aliphatic carbocycles. The minimum absolute atomic E-state index is 0.161. The number of hydrogen-bond donors (Lipinski definition) is 2. The fraction of sp³-hybridized carbons (Fsp3) is 0.571. The monoisotopic (exact) mass is 284 g/mol. The number of hydrazine groups is 1. The number of rotatable bonds is 7. The van der Waals surface area contributed by atoms with Gasteiger partial charge in [0.1, 0.15) is 0 Å². The van der Waals surface area contributed by atoms with E-state index in [1.807, 2.05) is 0 Å². The van der Waals surface area contributed by atoms with E-state index in [1.54, 1.807) is 0 Å². The van der Waals surface area contributed by atoms with Gasteiger partial charge < -0.3 is 0 Å². The summed E-state index contributed by atoms with van der Waals surface area (Å²) in [5.41, 5.74) is 5.04. The predicted molar refractivity (Wildman–Crippen MR) is 55.8 cm³/mol. The van der Waals surface area contributed by atoms with Crippen LogP contribution in [0.25, 0.3) is 0 Å². The first-order valence-electron chi connectivity index (χ1n) is 4.51. The van der Waals surface area contributed by atoms with E-state index in [4.69, 9.17) is 21.1 Å². The van der Waals surface area contributed by atoms with E-state index in [1.165, 1.54) is 31.8 Å². The molecule has 0 aromatic rings. The van der Waals surface area contributed by atoms with Gasteiger partial charge in [-0.05, 0) is 0 Å². The number of nitro groups is 1. The first kappa shape index (κ1) is 16.0. The molecular weight excluding hydrogens is 268 g/mol. The second-order valence-electron chi connectivity index (χ2n) is 2.82. The van der Waals surface area contributed by atoms with Crippen LogP contribution in [0, 0.1) is 15.5 Å². The third-order valence-corrected chi connectivity index (χ3v) is 5.60. The zero-order chi connectivity index (χ0) is 13.5. The zero-order valence-corrected chi connectivity index (χ0v) is 11.4. The van der Waals surface area contributed by atoms with Crippen LogP contribution in [0.1, 0.15) is 0 Å². The summed E-state index contributed by atoms with van der Waals surface area (Å²) in [6.07, 6.45) is 1.43. The van der Waals surface area contributed by atoms with Crippen molar-refractivity contribution in [2.24, 2.45) is 5.73 Å². The molecule has 0 spiro atoms. The van der Waals surface area contributed by atoms with Gasteiger partial charge in [-0.1, -0.05) is 0 Å². The van der Waals surface area contributed by atoms with Gasteiger partial charge in [0.15, 0.2) is 0 Å². The molecule has 0 aliphatic heterocycles. The molecule has 0 aliphatic rings. The molecule has 0 aromatic heterocycles. The van der Waals surface area contributed by atoms with Crippen molar-refractivity contribution in [3.63, 3.8) is 0 Å². The van der Waals surface area contributed by atoms with Gasteiger partial charge in [0.05, 0.1) is 0 Å². The Morgan fingerprint density at radius 3 is 2.24 bits per heavy atom. The molecule has 0 radical (unpaired) electrons. The number of guanidine groups is 1. The number of hydrogen-bond acceptors (Lipinski definition) is 6. The van der Waals surface area contributed by atoms with Crippen LogP contribution in [0.5, 0.6) is 0 Å². The minimum atomic E-state index is -3.42. The molecule has 0 atom stereocenters. The van der Waals surface area contributed by atoms with Crippen LogP contribution in [-0.4, -0.2) is 43.9 Å². The van der Waals surface area contributed by atoms with Gasteiger partial charge in [0.2, 0.25) is 0 Å². The molecule has 3 N–H and O–H groups in total. The average molecular weight is 284 g/mol. The molecule has 0 rings (SSSR count). The first-order chi connectivity index (χ1) is 7.92. The SMILES string of the molecule is C[O][Ti]([CH]=CCN(C(=N)N)[N+](=O)[O-])([O]C)[O]C. The van der Waals surface area contributed by atoms with Gasteiger partial charge in [-0.25, -0.2) is 0 Å². The van der Waals surface area contributed by atoms with Gasteiger partial charge >= 0.3 is 103 Å². The topological polar surface area (TPSA) is 124 Å². The van der Waals surface area contributed by atoms with Crippen molar-refractivity contribution in [3.8, 4) is 0 Å². The standard InChI is InChI=1S/C4H7N4O2.3CH3O.Ti/c1-2-3-7(4(5)6)8(9)10;3*1-2;/h1-2H,3H2,(H3,5,6);3*1H3;/q;3*-1;+3. The first-order valence-corrected chi connectivity index (χ1v) is 7.33. The van der Waals surface area contributed by atoms with Crippen LogP contribution in [0.3, 0.4) is 0 Å². The fourth-order valence-corrected chi connectivity index (χ4v) is 3.04. The van der Waals surface area contributed by atoms with E-state index in [2.05, 4.69) is 0 Å². The van der Waals surface area contributed by atoms with Crippen molar-refractivity contribution >= 4 is 5.96 Å². The molecule has 0 saturated carbocycles. The van der Waals surface area contributed by atoms with Crippen LogP contribution >= 0.6 is 0 Å². The Kier molecular flexibility index (Phi) is 6.92. The van der Waals surface area contributed by atoms with E-state index in [0.717, 1.165) is 0 Å². The van der Waals surface area contributed by atoms with Gasteiger partial charge in [-0.2, -0.15) is 0 Å². The third kappa shape index (κ3) is 4.79. The Bertz CT molecular complexity index is 284. The Morgan fingerprint density at radius 2 is 1.94 bits per heavy atom. The molecule has 0 aromatic carbocycles. The maximum atomic E-state index is 10.5. The molecule has 0 unspecified atom stereocenters. The van der Waals surface area contributed by atoms with E-state index in [-0.39, 0.29) is 6.54 Å². The van der Waals surface area contributed by atoms with Gasteiger partial charge in [-0.15, -0.1) is 0 Å².